The highest BCUT2D eigenvalue weighted by Gasteiger charge is 2.43. The average molecular weight is 241 g/mol. The van der Waals surface area contributed by atoms with Crippen LogP contribution >= 0.6 is 0 Å². The van der Waals surface area contributed by atoms with Crippen LogP contribution in [0.3, 0.4) is 0 Å². The lowest BCUT2D eigenvalue weighted by Crippen LogP contribution is -2.25. The summed E-state index contributed by atoms with van der Waals surface area (Å²) in [5.41, 5.74) is -0.324. The van der Waals surface area contributed by atoms with Crippen molar-refractivity contribution < 1.29 is 18.0 Å². The Hall–Kier alpha value is -1.52. The smallest absolute Gasteiger partial charge is 0.331 e. The molecule has 2 nitrogen and oxygen atoms in total. The molecule has 1 fully saturated rings. The Morgan fingerprint density at radius 2 is 1.94 bits per heavy atom. The second-order valence-corrected chi connectivity index (χ2v) is 4.49. The van der Waals surface area contributed by atoms with Crippen LogP contribution in [0, 0.1) is 0 Å². The fourth-order valence-electron chi connectivity index (χ4n) is 2.30. The van der Waals surface area contributed by atoms with Gasteiger partial charge in [0.05, 0.1) is 5.56 Å². The maximum absolute atomic E-state index is 12.8. The Labute approximate surface area is 96.0 Å². The largest absolute Gasteiger partial charge is 0.416 e. The molecule has 0 bridgehead atoms. The molecule has 0 aromatic heterocycles. The second-order valence-electron chi connectivity index (χ2n) is 4.49. The van der Waals surface area contributed by atoms with E-state index in [-0.39, 0.29) is 29.6 Å². The van der Waals surface area contributed by atoms with E-state index in [0.717, 1.165) is 18.9 Å². The first-order chi connectivity index (χ1) is 7.98. The molecule has 0 saturated heterocycles. The number of hydrogen-bond donors (Lipinski definition) is 0. The summed E-state index contributed by atoms with van der Waals surface area (Å²) in [5.74, 6) is -0.256. The first-order valence-electron chi connectivity index (χ1n) is 5.48. The van der Waals surface area contributed by atoms with Crippen molar-refractivity contribution in [1.82, 2.24) is 4.90 Å². The zero-order chi connectivity index (χ0) is 12.2. The maximum atomic E-state index is 12.8. The zero-order valence-electron chi connectivity index (χ0n) is 8.92. The number of carbonyl (C=O) groups is 1. The van der Waals surface area contributed by atoms with E-state index in [1.54, 1.807) is 4.90 Å². The van der Waals surface area contributed by atoms with Crippen molar-refractivity contribution in [2.24, 2.45) is 0 Å². The molecule has 0 radical (unpaired) electrons. The summed E-state index contributed by atoms with van der Waals surface area (Å²) in [5, 5.41) is 0. The van der Waals surface area contributed by atoms with Crippen LogP contribution < -0.4 is 0 Å². The molecule has 17 heavy (non-hydrogen) atoms. The number of hydrogen-bond acceptors (Lipinski definition) is 1. The number of alkyl halides is 3. The summed E-state index contributed by atoms with van der Waals surface area (Å²) in [6, 6.07) is 3.98. The van der Waals surface area contributed by atoms with Crippen LogP contribution in [0.25, 0.3) is 0 Å². The topological polar surface area (TPSA) is 20.3 Å². The average Bonchev–Trinajstić information content (AvgIpc) is 3.03. The van der Waals surface area contributed by atoms with E-state index in [0.29, 0.717) is 0 Å². The van der Waals surface area contributed by atoms with Gasteiger partial charge in [-0.3, -0.25) is 4.79 Å². The first kappa shape index (κ1) is 10.6. The predicted octanol–water partition coefficient (Wildman–Crippen LogP) is 2.82. The number of rotatable bonds is 1. The van der Waals surface area contributed by atoms with Crippen molar-refractivity contribution in [3.05, 3.63) is 34.9 Å². The molecule has 5 heteroatoms. The third-order valence-corrected chi connectivity index (χ3v) is 3.29. The van der Waals surface area contributed by atoms with Crippen LogP contribution in [0.1, 0.15) is 34.3 Å². The fraction of sp³-hybridized carbons (Fsp3) is 0.417. The van der Waals surface area contributed by atoms with Gasteiger partial charge in [-0.1, -0.05) is 6.07 Å². The van der Waals surface area contributed by atoms with E-state index in [9.17, 15) is 18.0 Å². The highest BCUT2D eigenvalue weighted by atomic mass is 19.4. The summed E-state index contributed by atoms with van der Waals surface area (Å²) >= 11 is 0. The highest BCUT2D eigenvalue weighted by Crippen LogP contribution is 2.40. The molecule has 0 N–H and O–H groups in total. The lowest BCUT2D eigenvalue weighted by Gasteiger charge is -2.14. The second kappa shape index (κ2) is 3.24. The molecule has 1 aromatic rings. The molecule has 90 valence electrons. The molecule has 2 aliphatic rings. The Bertz CT molecular complexity index is 491. The van der Waals surface area contributed by atoms with Crippen molar-refractivity contribution in [3.63, 3.8) is 0 Å². The van der Waals surface area contributed by atoms with Gasteiger partial charge in [-0.05, 0) is 30.5 Å². The van der Waals surface area contributed by atoms with Crippen LogP contribution in [0.5, 0.6) is 0 Å². The van der Waals surface area contributed by atoms with Crippen LogP contribution in [-0.2, 0) is 12.7 Å². The number of fused-ring (bicyclic) bond motifs is 1. The van der Waals surface area contributed by atoms with Gasteiger partial charge >= 0.3 is 6.18 Å². The maximum Gasteiger partial charge on any atom is 0.416 e. The van der Waals surface area contributed by atoms with Gasteiger partial charge in [0.15, 0.2) is 0 Å². The van der Waals surface area contributed by atoms with Gasteiger partial charge in [0, 0.05) is 18.2 Å². The van der Waals surface area contributed by atoms with Crippen LogP contribution in [-0.4, -0.2) is 16.8 Å². The fourth-order valence-corrected chi connectivity index (χ4v) is 2.30. The van der Waals surface area contributed by atoms with Crippen molar-refractivity contribution in [3.8, 4) is 0 Å². The first-order valence-corrected chi connectivity index (χ1v) is 5.48. The van der Waals surface area contributed by atoms with E-state index in [2.05, 4.69) is 0 Å². The summed E-state index contributed by atoms with van der Waals surface area (Å²) < 4.78 is 38.4. The number of benzene rings is 1. The molecule has 0 unspecified atom stereocenters. The van der Waals surface area contributed by atoms with Crippen LogP contribution in [0.2, 0.25) is 0 Å². The Morgan fingerprint density at radius 1 is 1.24 bits per heavy atom. The van der Waals surface area contributed by atoms with Gasteiger partial charge in [-0.25, -0.2) is 0 Å². The monoisotopic (exact) mass is 241 g/mol. The number of amides is 1. The van der Waals surface area contributed by atoms with Gasteiger partial charge < -0.3 is 4.90 Å². The lowest BCUT2D eigenvalue weighted by atomic mass is 10.0. The van der Waals surface area contributed by atoms with Crippen molar-refractivity contribution in [1.29, 1.82) is 0 Å². The minimum atomic E-state index is -4.38. The molecule has 0 atom stereocenters. The molecule has 1 aromatic carbocycles. The van der Waals surface area contributed by atoms with Gasteiger partial charge in [0.2, 0.25) is 0 Å². The third kappa shape index (κ3) is 1.61. The molecule has 3 rings (SSSR count). The van der Waals surface area contributed by atoms with Crippen LogP contribution in [0.4, 0.5) is 13.2 Å². The van der Waals surface area contributed by atoms with Crippen molar-refractivity contribution >= 4 is 5.91 Å². The summed E-state index contributed by atoms with van der Waals surface area (Å²) in [6.45, 7) is 0.106. The minimum absolute atomic E-state index is 0.106. The molecule has 1 heterocycles. The SMILES string of the molecule is O=C1c2cccc(C(F)(F)F)c2CN1C1CC1. The number of nitrogens with zero attached hydrogens (tertiary/aromatic N) is 1. The molecule has 1 saturated carbocycles. The van der Waals surface area contributed by atoms with E-state index in [1.807, 2.05) is 0 Å². The third-order valence-electron chi connectivity index (χ3n) is 3.29. The quantitative estimate of drug-likeness (QED) is 0.740. The van der Waals surface area contributed by atoms with E-state index < -0.39 is 11.7 Å². The normalized spacial score (nSPS) is 19.7. The molecule has 0 spiro atoms. The summed E-state index contributed by atoms with van der Waals surface area (Å²) in [4.78, 5) is 13.5. The molecular formula is C12H10F3NO. The standard InChI is InChI=1S/C12H10F3NO/c13-12(14,15)10-3-1-2-8-9(10)6-16(11(8)17)7-4-5-7/h1-3,7H,4-6H2. The van der Waals surface area contributed by atoms with Gasteiger partial charge in [-0.2, -0.15) is 13.2 Å². The Balaban J connectivity index is 2.06. The van der Waals surface area contributed by atoms with Crippen molar-refractivity contribution in [2.75, 3.05) is 0 Å². The summed E-state index contributed by atoms with van der Waals surface area (Å²) in [7, 11) is 0. The van der Waals surface area contributed by atoms with Crippen molar-refractivity contribution in [2.45, 2.75) is 31.6 Å². The lowest BCUT2D eigenvalue weighted by molar-refractivity contribution is -0.138. The highest BCUT2D eigenvalue weighted by molar-refractivity contribution is 5.99. The van der Waals surface area contributed by atoms with E-state index >= 15 is 0 Å². The number of halogens is 3. The van der Waals surface area contributed by atoms with E-state index in [4.69, 9.17) is 0 Å². The zero-order valence-corrected chi connectivity index (χ0v) is 8.92. The number of carbonyl (C=O) groups excluding carboxylic acids is 1. The van der Waals surface area contributed by atoms with Crippen LogP contribution in [0.15, 0.2) is 18.2 Å². The van der Waals surface area contributed by atoms with Gasteiger partial charge in [-0.15, -0.1) is 0 Å². The van der Waals surface area contributed by atoms with E-state index in [1.165, 1.54) is 12.1 Å². The minimum Gasteiger partial charge on any atom is -0.331 e. The van der Waals surface area contributed by atoms with Gasteiger partial charge in [0.25, 0.3) is 5.91 Å². The van der Waals surface area contributed by atoms with Gasteiger partial charge in [0.1, 0.15) is 0 Å². The summed E-state index contributed by atoms with van der Waals surface area (Å²) in [6.07, 6.45) is -2.58. The molecular weight excluding hydrogens is 231 g/mol. The molecule has 1 amide bonds. The molecule has 1 aliphatic carbocycles. The molecule has 1 aliphatic heterocycles. The Morgan fingerprint density at radius 3 is 2.53 bits per heavy atom. The Kier molecular flexibility index (Phi) is 2.03. The predicted molar refractivity (Wildman–Crippen MR) is 54.3 cm³/mol.